The summed E-state index contributed by atoms with van der Waals surface area (Å²) >= 11 is 3.33. The largest absolute Gasteiger partial charge is 0.435 e. The number of nitrogens with zero attached hydrogens (tertiary/aromatic N) is 3. The highest BCUT2D eigenvalue weighted by atomic mass is 79.9. The Morgan fingerprint density at radius 3 is 2.35 bits per heavy atom. The first-order valence-electron chi connectivity index (χ1n) is 9.90. The molecule has 11 heteroatoms. The summed E-state index contributed by atoms with van der Waals surface area (Å²) in [4.78, 5) is 30.0. The van der Waals surface area contributed by atoms with Gasteiger partial charge in [-0.05, 0) is 57.0 Å². The highest BCUT2D eigenvalue weighted by Gasteiger charge is 2.36. The Hall–Kier alpha value is -3.21. The van der Waals surface area contributed by atoms with Gasteiger partial charge in [0.1, 0.15) is 5.69 Å². The van der Waals surface area contributed by atoms with Crippen LogP contribution in [0.2, 0.25) is 0 Å². The van der Waals surface area contributed by atoms with Crippen LogP contribution in [0, 0.1) is 13.8 Å². The van der Waals surface area contributed by atoms with E-state index in [-0.39, 0.29) is 36.2 Å². The third kappa shape index (κ3) is 5.82. The molecule has 2 aromatic heterocycles. The highest BCUT2D eigenvalue weighted by Crippen LogP contribution is 2.31. The molecule has 182 valence electrons. The average molecular weight is 540 g/mol. The molecule has 7 nitrogen and oxygen atoms in total. The Balaban J connectivity index is 0.00000408. The van der Waals surface area contributed by atoms with Crippen LogP contribution in [0.25, 0.3) is 5.82 Å². The SMILES string of the molecule is C.Cc1cccnc1-n1nc(C(F)(F)F)cc1C(=O)Nc1c(C)cc(Br)cc1C(=O)NC(C)C. The van der Waals surface area contributed by atoms with E-state index in [1.165, 1.54) is 12.3 Å². The van der Waals surface area contributed by atoms with Crippen LogP contribution in [0.4, 0.5) is 18.9 Å². The van der Waals surface area contributed by atoms with E-state index in [4.69, 9.17) is 0 Å². The standard InChI is InChI=1S/C22H21BrF3N5O2.CH4/c1-11(2)28-20(32)15-9-14(23)8-13(4)18(15)29-21(33)16-10-17(22(24,25)26)30-31(16)19-12(3)6-5-7-27-19;/h5-11H,1-4H3,(H,28,32)(H,29,33);1H4. The first-order chi connectivity index (χ1) is 15.4. The van der Waals surface area contributed by atoms with E-state index in [9.17, 15) is 22.8 Å². The lowest BCUT2D eigenvalue weighted by molar-refractivity contribution is -0.141. The van der Waals surface area contributed by atoms with Gasteiger partial charge in [0.25, 0.3) is 11.8 Å². The van der Waals surface area contributed by atoms with Crippen LogP contribution in [-0.4, -0.2) is 32.6 Å². The van der Waals surface area contributed by atoms with Crippen molar-refractivity contribution in [1.29, 1.82) is 0 Å². The molecule has 3 rings (SSSR count). The lowest BCUT2D eigenvalue weighted by Crippen LogP contribution is -2.31. The summed E-state index contributed by atoms with van der Waals surface area (Å²) in [6.45, 7) is 6.89. The fourth-order valence-corrected chi connectivity index (χ4v) is 3.72. The zero-order valence-electron chi connectivity index (χ0n) is 18.2. The second-order valence-electron chi connectivity index (χ2n) is 7.70. The number of rotatable bonds is 5. The topological polar surface area (TPSA) is 88.9 Å². The van der Waals surface area contributed by atoms with Crippen LogP contribution in [0.3, 0.4) is 0 Å². The number of aromatic nitrogens is 3. The molecule has 0 aliphatic rings. The number of hydrogen-bond donors (Lipinski definition) is 2. The number of carbonyl (C=O) groups excluding carboxylic acids is 2. The fraction of sp³-hybridized carbons (Fsp3) is 0.304. The van der Waals surface area contributed by atoms with Crippen LogP contribution in [0.15, 0.2) is 41.0 Å². The van der Waals surface area contributed by atoms with Crippen molar-refractivity contribution in [3.05, 3.63) is 69.1 Å². The molecule has 2 N–H and O–H groups in total. The summed E-state index contributed by atoms with van der Waals surface area (Å²) in [5, 5.41) is 8.93. The molecule has 0 aliphatic carbocycles. The van der Waals surface area contributed by atoms with Gasteiger partial charge in [0.15, 0.2) is 11.5 Å². The maximum atomic E-state index is 13.4. The van der Waals surface area contributed by atoms with Crippen molar-refractivity contribution in [1.82, 2.24) is 20.1 Å². The van der Waals surface area contributed by atoms with Crippen molar-refractivity contribution in [2.75, 3.05) is 5.32 Å². The Kier molecular flexibility index (Phi) is 8.25. The van der Waals surface area contributed by atoms with Gasteiger partial charge in [-0.15, -0.1) is 0 Å². The summed E-state index contributed by atoms with van der Waals surface area (Å²) < 4.78 is 41.7. The number of pyridine rings is 1. The van der Waals surface area contributed by atoms with Crippen LogP contribution in [0.5, 0.6) is 0 Å². The van der Waals surface area contributed by atoms with Gasteiger partial charge in [-0.3, -0.25) is 9.59 Å². The molecule has 0 bridgehead atoms. The van der Waals surface area contributed by atoms with Crippen molar-refractivity contribution >= 4 is 33.4 Å². The van der Waals surface area contributed by atoms with Gasteiger partial charge < -0.3 is 10.6 Å². The number of nitrogens with one attached hydrogen (secondary N) is 2. The van der Waals surface area contributed by atoms with E-state index < -0.39 is 23.7 Å². The van der Waals surface area contributed by atoms with Crippen LogP contribution < -0.4 is 10.6 Å². The van der Waals surface area contributed by atoms with Crippen LogP contribution >= 0.6 is 15.9 Å². The second kappa shape index (κ2) is 10.4. The van der Waals surface area contributed by atoms with Gasteiger partial charge in [0, 0.05) is 22.8 Å². The van der Waals surface area contributed by atoms with Gasteiger partial charge >= 0.3 is 6.18 Å². The molecule has 0 unspecified atom stereocenters. The molecule has 2 heterocycles. The summed E-state index contributed by atoms with van der Waals surface area (Å²) in [5.74, 6) is -1.22. The zero-order valence-corrected chi connectivity index (χ0v) is 19.8. The molecular formula is C23H25BrF3N5O2. The Labute approximate surface area is 203 Å². The average Bonchev–Trinajstić information content (AvgIpc) is 3.15. The lowest BCUT2D eigenvalue weighted by Gasteiger charge is -2.16. The molecule has 0 spiro atoms. The smallest absolute Gasteiger partial charge is 0.350 e. The number of aryl methyl sites for hydroxylation is 2. The van der Waals surface area contributed by atoms with Gasteiger partial charge in [0.05, 0.1) is 11.3 Å². The molecule has 0 atom stereocenters. The molecule has 34 heavy (non-hydrogen) atoms. The third-order valence-corrected chi connectivity index (χ3v) is 5.08. The normalized spacial score (nSPS) is 11.2. The van der Waals surface area contributed by atoms with Crippen molar-refractivity contribution in [2.45, 2.75) is 47.3 Å². The van der Waals surface area contributed by atoms with E-state index in [1.807, 2.05) is 0 Å². The molecule has 0 fully saturated rings. The molecule has 0 radical (unpaired) electrons. The molecule has 0 saturated heterocycles. The summed E-state index contributed by atoms with van der Waals surface area (Å²) in [6, 6.07) is 6.98. The number of benzene rings is 1. The molecular weight excluding hydrogens is 515 g/mol. The quantitative estimate of drug-likeness (QED) is 0.435. The first kappa shape index (κ1) is 27.0. The molecule has 1 aromatic carbocycles. The van der Waals surface area contributed by atoms with E-state index >= 15 is 0 Å². The van der Waals surface area contributed by atoms with Crippen LogP contribution in [0.1, 0.15) is 58.9 Å². The van der Waals surface area contributed by atoms with Gasteiger partial charge in [0.2, 0.25) is 0 Å². The van der Waals surface area contributed by atoms with E-state index in [1.54, 1.807) is 45.9 Å². The predicted octanol–water partition coefficient (Wildman–Crippen LogP) is 5.69. The maximum Gasteiger partial charge on any atom is 0.435 e. The minimum atomic E-state index is -4.77. The first-order valence-corrected chi connectivity index (χ1v) is 10.7. The Bertz CT molecular complexity index is 1220. The van der Waals surface area contributed by atoms with Crippen molar-refractivity contribution in [3.63, 3.8) is 0 Å². The van der Waals surface area contributed by atoms with Crippen molar-refractivity contribution in [3.8, 4) is 5.82 Å². The summed E-state index contributed by atoms with van der Waals surface area (Å²) in [6.07, 6.45) is -3.37. The van der Waals surface area contributed by atoms with E-state index in [2.05, 4.69) is 36.6 Å². The minimum absolute atomic E-state index is 0. The third-order valence-electron chi connectivity index (χ3n) is 4.62. The number of carbonyl (C=O) groups is 2. The molecule has 3 aromatic rings. The fourth-order valence-electron chi connectivity index (χ4n) is 3.15. The number of hydrogen-bond acceptors (Lipinski definition) is 4. The maximum absolute atomic E-state index is 13.4. The Morgan fingerprint density at radius 1 is 1.09 bits per heavy atom. The van der Waals surface area contributed by atoms with Gasteiger partial charge in [-0.1, -0.05) is 29.4 Å². The number of halogens is 4. The zero-order chi connectivity index (χ0) is 24.5. The molecule has 0 saturated carbocycles. The number of alkyl halides is 3. The summed E-state index contributed by atoms with van der Waals surface area (Å²) in [7, 11) is 0. The predicted molar refractivity (Wildman–Crippen MR) is 127 cm³/mol. The number of amides is 2. The van der Waals surface area contributed by atoms with E-state index in [0.717, 1.165) is 4.68 Å². The molecule has 2 amide bonds. The highest BCUT2D eigenvalue weighted by molar-refractivity contribution is 9.10. The molecule has 0 aliphatic heterocycles. The Morgan fingerprint density at radius 2 is 1.76 bits per heavy atom. The van der Waals surface area contributed by atoms with Gasteiger partial charge in [-0.25, -0.2) is 9.67 Å². The lowest BCUT2D eigenvalue weighted by atomic mass is 10.1. The minimum Gasteiger partial charge on any atom is -0.350 e. The van der Waals surface area contributed by atoms with Gasteiger partial charge in [-0.2, -0.15) is 18.3 Å². The van der Waals surface area contributed by atoms with Crippen molar-refractivity contribution < 1.29 is 22.8 Å². The monoisotopic (exact) mass is 539 g/mol. The number of anilines is 1. The second-order valence-corrected chi connectivity index (χ2v) is 8.61. The summed E-state index contributed by atoms with van der Waals surface area (Å²) in [5.41, 5.74) is -0.187. The van der Waals surface area contributed by atoms with E-state index in [0.29, 0.717) is 21.7 Å². The van der Waals surface area contributed by atoms with Crippen LogP contribution in [-0.2, 0) is 6.18 Å². The van der Waals surface area contributed by atoms with Crippen molar-refractivity contribution in [2.24, 2.45) is 0 Å².